The molecule has 0 aliphatic carbocycles. The maximum atomic E-state index is 13.4. The highest BCUT2D eigenvalue weighted by Gasteiger charge is 2.19. The van der Waals surface area contributed by atoms with Gasteiger partial charge in [-0.05, 0) is 52.9 Å². The fourth-order valence-electron chi connectivity index (χ4n) is 3.35. The van der Waals surface area contributed by atoms with E-state index in [-0.39, 0.29) is 17.1 Å². The summed E-state index contributed by atoms with van der Waals surface area (Å²) >= 11 is 0. The van der Waals surface area contributed by atoms with Crippen LogP contribution in [0.15, 0.2) is 83.7 Å². The fraction of sp³-hybridized carbons (Fsp3) is 0.0833. The molecule has 1 amide bonds. The Balaban J connectivity index is 1.71. The Labute approximate surface area is 172 Å². The molecule has 3 aromatic carbocycles. The van der Waals surface area contributed by atoms with Crippen molar-refractivity contribution in [2.45, 2.75) is 6.04 Å². The van der Waals surface area contributed by atoms with Crippen LogP contribution in [-0.2, 0) is 0 Å². The van der Waals surface area contributed by atoms with Gasteiger partial charge in [0.1, 0.15) is 17.3 Å². The lowest BCUT2D eigenvalue weighted by Crippen LogP contribution is -2.31. The molecule has 0 saturated heterocycles. The third-order valence-electron chi connectivity index (χ3n) is 4.93. The second-order valence-corrected chi connectivity index (χ2v) is 6.83. The quantitative estimate of drug-likeness (QED) is 0.526. The minimum Gasteiger partial charge on any atom is -0.497 e. The molecular formula is C24H19FN2O3. The van der Waals surface area contributed by atoms with Crippen molar-refractivity contribution >= 4 is 16.7 Å². The van der Waals surface area contributed by atoms with Gasteiger partial charge in [-0.2, -0.15) is 0 Å². The number of hydrogen-bond acceptors (Lipinski definition) is 3. The first kappa shape index (κ1) is 19.4. The van der Waals surface area contributed by atoms with Gasteiger partial charge in [-0.15, -0.1) is 0 Å². The summed E-state index contributed by atoms with van der Waals surface area (Å²) in [5, 5.41) is 4.13. The fourth-order valence-corrected chi connectivity index (χ4v) is 3.35. The average Bonchev–Trinajstić information content (AvgIpc) is 2.78. The number of amides is 1. The molecule has 5 nitrogen and oxygen atoms in total. The number of nitrogens with one attached hydrogen (secondary N) is 2. The monoisotopic (exact) mass is 402 g/mol. The van der Waals surface area contributed by atoms with Gasteiger partial charge in [-0.3, -0.25) is 9.59 Å². The van der Waals surface area contributed by atoms with E-state index >= 15 is 0 Å². The average molecular weight is 402 g/mol. The van der Waals surface area contributed by atoms with Gasteiger partial charge in [0.25, 0.3) is 11.5 Å². The van der Waals surface area contributed by atoms with Crippen LogP contribution >= 0.6 is 0 Å². The summed E-state index contributed by atoms with van der Waals surface area (Å²) in [4.78, 5) is 28.0. The first-order chi connectivity index (χ1) is 14.5. The molecule has 4 rings (SSSR count). The first-order valence-corrected chi connectivity index (χ1v) is 9.37. The zero-order chi connectivity index (χ0) is 21.1. The molecule has 6 heteroatoms. The summed E-state index contributed by atoms with van der Waals surface area (Å²) in [7, 11) is 1.57. The SMILES string of the molecule is COc1ccc(C(NC(=O)c2cc3ccccc3c(=O)[nH]2)c2ccc(F)cc2)cc1. The summed E-state index contributed by atoms with van der Waals surface area (Å²) in [6, 6.07) is 21.3. The van der Waals surface area contributed by atoms with Crippen molar-refractivity contribution in [3.8, 4) is 5.75 Å². The van der Waals surface area contributed by atoms with Crippen molar-refractivity contribution in [1.29, 1.82) is 0 Å². The van der Waals surface area contributed by atoms with E-state index in [0.29, 0.717) is 22.1 Å². The summed E-state index contributed by atoms with van der Waals surface area (Å²) in [5.41, 5.74) is 1.32. The van der Waals surface area contributed by atoms with Gasteiger partial charge < -0.3 is 15.0 Å². The van der Waals surface area contributed by atoms with E-state index in [2.05, 4.69) is 10.3 Å². The van der Waals surface area contributed by atoms with E-state index < -0.39 is 11.9 Å². The van der Waals surface area contributed by atoms with Crippen molar-refractivity contribution in [1.82, 2.24) is 10.3 Å². The predicted octanol–water partition coefficient (Wildman–Crippen LogP) is 4.20. The number of aromatic amines is 1. The number of hydrogen-bond donors (Lipinski definition) is 2. The molecular weight excluding hydrogens is 383 g/mol. The van der Waals surface area contributed by atoms with Gasteiger partial charge >= 0.3 is 0 Å². The lowest BCUT2D eigenvalue weighted by molar-refractivity contribution is 0.0938. The smallest absolute Gasteiger partial charge is 0.268 e. The Morgan fingerprint density at radius 3 is 2.27 bits per heavy atom. The molecule has 4 aromatic rings. The van der Waals surface area contributed by atoms with Crippen molar-refractivity contribution < 1.29 is 13.9 Å². The van der Waals surface area contributed by atoms with Crippen molar-refractivity contribution in [2.24, 2.45) is 0 Å². The van der Waals surface area contributed by atoms with Gasteiger partial charge in [-0.1, -0.05) is 42.5 Å². The van der Waals surface area contributed by atoms with Crippen molar-refractivity contribution in [3.05, 3.63) is 112 Å². The molecule has 0 saturated carbocycles. The highest BCUT2D eigenvalue weighted by atomic mass is 19.1. The van der Waals surface area contributed by atoms with Gasteiger partial charge in [-0.25, -0.2) is 4.39 Å². The Morgan fingerprint density at radius 2 is 1.60 bits per heavy atom. The molecule has 2 N–H and O–H groups in total. The zero-order valence-corrected chi connectivity index (χ0v) is 16.2. The molecule has 1 aromatic heterocycles. The maximum Gasteiger partial charge on any atom is 0.268 e. The number of benzene rings is 3. The maximum absolute atomic E-state index is 13.4. The first-order valence-electron chi connectivity index (χ1n) is 9.37. The van der Waals surface area contributed by atoms with Crippen LogP contribution in [-0.4, -0.2) is 18.0 Å². The minimum atomic E-state index is -0.543. The van der Waals surface area contributed by atoms with Gasteiger partial charge in [0.2, 0.25) is 0 Å². The Bertz CT molecular complexity index is 1250. The third kappa shape index (κ3) is 3.93. The Hall–Kier alpha value is -3.93. The van der Waals surface area contributed by atoms with E-state index in [4.69, 9.17) is 4.74 Å². The molecule has 0 aliphatic heterocycles. The number of fused-ring (bicyclic) bond motifs is 1. The number of aromatic nitrogens is 1. The second-order valence-electron chi connectivity index (χ2n) is 6.83. The molecule has 1 unspecified atom stereocenters. The molecule has 150 valence electrons. The molecule has 0 aliphatic rings. The number of H-pyrrole nitrogens is 1. The van der Waals surface area contributed by atoms with E-state index in [1.54, 1.807) is 55.6 Å². The Morgan fingerprint density at radius 1 is 0.967 bits per heavy atom. The molecule has 0 fully saturated rings. The highest BCUT2D eigenvalue weighted by molar-refractivity contribution is 5.96. The van der Waals surface area contributed by atoms with Gasteiger partial charge in [0.05, 0.1) is 13.2 Å². The van der Waals surface area contributed by atoms with E-state index in [1.807, 2.05) is 18.2 Å². The molecule has 30 heavy (non-hydrogen) atoms. The summed E-state index contributed by atoms with van der Waals surface area (Å²) < 4.78 is 18.6. The normalized spacial score (nSPS) is 11.8. The second kappa shape index (κ2) is 8.21. The van der Waals surface area contributed by atoms with Crippen molar-refractivity contribution in [3.63, 3.8) is 0 Å². The topological polar surface area (TPSA) is 71.2 Å². The number of methoxy groups -OCH3 is 1. The van der Waals surface area contributed by atoms with Crippen LogP contribution in [0, 0.1) is 5.82 Å². The number of carbonyl (C=O) groups is 1. The van der Waals surface area contributed by atoms with Crippen LogP contribution in [0.5, 0.6) is 5.75 Å². The van der Waals surface area contributed by atoms with E-state index in [1.165, 1.54) is 12.1 Å². The van der Waals surface area contributed by atoms with E-state index in [9.17, 15) is 14.0 Å². The molecule has 0 radical (unpaired) electrons. The van der Waals surface area contributed by atoms with Crippen LogP contribution in [0.3, 0.4) is 0 Å². The number of pyridine rings is 1. The summed E-state index contributed by atoms with van der Waals surface area (Å²) in [5.74, 6) is -0.123. The predicted molar refractivity (Wildman–Crippen MR) is 113 cm³/mol. The van der Waals surface area contributed by atoms with Crippen LogP contribution < -0.4 is 15.6 Å². The van der Waals surface area contributed by atoms with Gasteiger partial charge in [0, 0.05) is 5.39 Å². The summed E-state index contributed by atoms with van der Waals surface area (Å²) in [6.07, 6.45) is 0. The van der Waals surface area contributed by atoms with Crippen LogP contribution in [0.4, 0.5) is 4.39 Å². The largest absolute Gasteiger partial charge is 0.497 e. The minimum absolute atomic E-state index is 0.152. The molecule has 1 heterocycles. The zero-order valence-electron chi connectivity index (χ0n) is 16.2. The Kier molecular flexibility index (Phi) is 5.30. The standard InChI is InChI=1S/C24H19FN2O3/c1-30-19-12-8-16(9-13-19)22(15-6-10-18(25)11-7-15)27-24(29)21-14-17-4-2-3-5-20(17)23(28)26-21/h2-14,22H,1H3,(H,26,28)(H,27,29). The molecule has 0 spiro atoms. The van der Waals surface area contributed by atoms with Crippen LogP contribution in [0.2, 0.25) is 0 Å². The summed E-state index contributed by atoms with van der Waals surface area (Å²) in [6.45, 7) is 0. The van der Waals surface area contributed by atoms with Crippen molar-refractivity contribution in [2.75, 3.05) is 7.11 Å². The number of carbonyl (C=O) groups excluding carboxylic acids is 1. The van der Waals surface area contributed by atoms with Crippen LogP contribution in [0.1, 0.15) is 27.7 Å². The highest BCUT2D eigenvalue weighted by Crippen LogP contribution is 2.25. The third-order valence-corrected chi connectivity index (χ3v) is 4.93. The molecule has 1 atom stereocenters. The molecule has 0 bridgehead atoms. The van der Waals surface area contributed by atoms with E-state index in [0.717, 1.165) is 5.56 Å². The number of halogens is 1. The number of rotatable bonds is 5. The van der Waals surface area contributed by atoms with Crippen LogP contribution in [0.25, 0.3) is 10.8 Å². The number of ether oxygens (including phenoxy) is 1. The lowest BCUT2D eigenvalue weighted by atomic mass is 9.98. The van der Waals surface area contributed by atoms with Gasteiger partial charge in [0.15, 0.2) is 0 Å². The lowest BCUT2D eigenvalue weighted by Gasteiger charge is -2.20.